The number of aliphatic carboxylic acids is 1. The SMILES string of the molecule is CCCC(=O)O.O/N=C1/CCCCC1Cl. The van der Waals surface area contributed by atoms with Crippen molar-refractivity contribution in [2.75, 3.05) is 0 Å². The summed E-state index contributed by atoms with van der Waals surface area (Å²) in [6.45, 7) is 1.84. The van der Waals surface area contributed by atoms with Crippen molar-refractivity contribution in [3.05, 3.63) is 0 Å². The van der Waals surface area contributed by atoms with E-state index < -0.39 is 5.97 Å². The Morgan fingerprint density at radius 2 is 2.27 bits per heavy atom. The number of carboxylic acid groups (broad SMARTS) is 1. The predicted molar refractivity (Wildman–Crippen MR) is 59.9 cm³/mol. The summed E-state index contributed by atoms with van der Waals surface area (Å²) >= 11 is 5.79. The number of oxime groups is 1. The highest BCUT2D eigenvalue weighted by Gasteiger charge is 2.17. The van der Waals surface area contributed by atoms with Gasteiger partial charge < -0.3 is 10.3 Å². The van der Waals surface area contributed by atoms with Crippen LogP contribution < -0.4 is 0 Å². The lowest BCUT2D eigenvalue weighted by atomic mass is 9.98. The number of alkyl halides is 1. The number of rotatable bonds is 2. The van der Waals surface area contributed by atoms with E-state index in [1.165, 1.54) is 0 Å². The maximum Gasteiger partial charge on any atom is 0.303 e. The standard InChI is InChI=1S/C6H10ClNO.C4H8O2/c7-5-3-1-2-4-6(5)8-9;1-2-3-4(5)6/h5,9H,1-4H2;2-3H2,1H3,(H,5,6)/b8-6-;. The molecule has 88 valence electrons. The van der Waals surface area contributed by atoms with Crippen molar-refractivity contribution >= 4 is 23.3 Å². The summed E-state index contributed by atoms with van der Waals surface area (Å²) in [5.41, 5.74) is 0.753. The maximum absolute atomic E-state index is 9.60. The number of hydrogen-bond acceptors (Lipinski definition) is 3. The second-order valence-electron chi connectivity index (χ2n) is 3.45. The Morgan fingerprint density at radius 3 is 2.53 bits per heavy atom. The third kappa shape index (κ3) is 7.19. The molecule has 1 unspecified atom stereocenters. The van der Waals surface area contributed by atoms with Crippen LogP contribution in [0.4, 0.5) is 0 Å². The van der Waals surface area contributed by atoms with Crippen LogP contribution in [0.1, 0.15) is 45.4 Å². The summed E-state index contributed by atoms with van der Waals surface area (Å²) in [7, 11) is 0. The number of carbonyl (C=O) groups is 1. The molecule has 4 nitrogen and oxygen atoms in total. The van der Waals surface area contributed by atoms with Crippen LogP contribution >= 0.6 is 11.6 Å². The van der Waals surface area contributed by atoms with E-state index >= 15 is 0 Å². The van der Waals surface area contributed by atoms with Crippen LogP contribution in [0.25, 0.3) is 0 Å². The Hall–Kier alpha value is -0.770. The summed E-state index contributed by atoms with van der Waals surface area (Å²) in [6.07, 6.45) is 5.12. The molecule has 1 rings (SSSR count). The molecule has 0 amide bonds. The van der Waals surface area contributed by atoms with Gasteiger partial charge in [-0.3, -0.25) is 4.79 Å². The third-order valence-electron chi connectivity index (χ3n) is 2.09. The van der Waals surface area contributed by atoms with E-state index in [9.17, 15) is 4.79 Å². The second-order valence-corrected chi connectivity index (χ2v) is 3.98. The highest BCUT2D eigenvalue weighted by Crippen LogP contribution is 2.19. The summed E-state index contributed by atoms with van der Waals surface area (Å²) in [5, 5.41) is 19.4. The van der Waals surface area contributed by atoms with Crippen molar-refractivity contribution in [1.82, 2.24) is 0 Å². The molecule has 15 heavy (non-hydrogen) atoms. The van der Waals surface area contributed by atoms with Crippen molar-refractivity contribution < 1.29 is 15.1 Å². The molecule has 1 saturated carbocycles. The fourth-order valence-electron chi connectivity index (χ4n) is 1.28. The fraction of sp³-hybridized carbons (Fsp3) is 0.800. The van der Waals surface area contributed by atoms with Crippen LogP contribution in [0, 0.1) is 0 Å². The fourth-order valence-corrected chi connectivity index (χ4v) is 1.59. The van der Waals surface area contributed by atoms with E-state index in [0.717, 1.165) is 37.8 Å². The largest absolute Gasteiger partial charge is 0.481 e. The number of halogens is 1. The smallest absolute Gasteiger partial charge is 0.303 e. The summed E-state index contributed by atoms with van der Waals surface area (Å²) in [4.78, 5) is 9.60. The van der Waals surface area contributed by atoms with Gasteiger partial charge >= 0.3 is 5.97 Å². The molecule has 0 aromatic rings. The average Bonchev–Trinajstić information content (AvgIpc) is 2.19. The molecule has 0 spiro atoms. The Kier molecular flexibility index (Phi) is 8.09. The minimum absolute atomic E-state index is 0.0104. The Bertz CT molecular complexity index is 219. The summed E-state index contributed by atoms with van der Waals surface area (Å²) in [5.74, 6) is -0.711. The number of hydrogen-bond donors (Lipinski definition) is 2. The van der Waals surface area contributed by atoms with Crippen molar-refractivity contribution in [3.8, 4) is 0 Å². The van der Waals surface area contributed by atoms with E-state index in [-0.39, 0.29) is 5.38 Å². The lowest BCUT2D eigenvalue weighted by molar-refractivity contribution is -0.137. The van der Waals surface area contributed by atoms with Crippen molar-refractivity contribution in [1.29, 1.82) is 0 Å². The molecule has 0 radical (unpaired) electrons. The van der Waals surface area contributed by atoms with Crippen LogP contribution in [-0.2, 0) is 4.79 Å². The highest BCUT2D eigenvalue weighted by molar-refractivity contribution is 6.32. The van der Waals surface area contributed by atoms with Crippen LogP contribution in [0.2, 0.25) is 0 Å². The second kappa shape index (κ2) is 8.53. The normalized spacial score (nSPS) is 23.1. The molecule has 1 aliphatic carbocycles. The van der Waals surface area contributed by atoms with E-state index in [4.69, 9.17) is 21.9 Å². The first kappa shape index (κ1) is 14.2. The minimum Gasteiger partial charge on any atom is -0.481 e. The first-order valence-electron chi connectivity index (χ1n) is 5.18. The monoisotopic (exact) mass is 235 g/mol. The topological polar surface area (TPSA) is 69.9 Å². The van der Waals surface area contributed by atoms with Gasteiger partial charge in [0.1, 0.15) is 0 Å². The Labute approximate surface area is 94.9 Å². The molecule has 1 aliphatic rings. The van der Waals surface area contributed by atoms with Crippen LogP contribution in [-0.4, -0.2) is 27.4 Å². The molecule has 5 heteroatoms. The molecular formula is C10H18ClNO3. The molecule has 0 aromatic heterocycles. The number of carboxylic acids is 1. The minimum atomic E-state index is -0.711. The van der Waals surface area contributed by atoms with E-state index in [0.29, 0.717) is 6.42 Å². The molecule has 1 atom stereocenters. The summed E-state index contributed by atoms with van der Waals surface area (Å²) < 4.78 is 0. The zero-order valence-corrected chi connectivity index (χ0v) is 9.70. The van der Waals surface area contributed by atoms with E-state index in [1.807, 2.05) is 6.92 Å². The van der Waals surface area contributed by atoms with Gasteiger partial charge in [0.15, 0.2) is 0 Å². The van der Waals surface area contributed by atoms with Gasteiger partial charge in [0.2, 0.25) is 0 Å². The molecule has 0 bridgehead atoms. The average molecular weight is 236 g/mol. The van der Waals surface area contributed by atoms with Gasteiger partial charge in [0, 0.05) is 6.42 Å². The molecule has 0 aliphatic heterocycles. The zero-order chi connectivity index (χ0) is 11.7. The Morgan fingerprint density at radius 1 is 1.60 bits per heavy atom. The highest BCUT2D eigenvalue weighted by atomic mass is 35.5. The molecule has 2 N–H and O–H groups in total. The number of nitrogens with zero attached hydrogens (tertiary/aromatic N) is 1. The lowest BCUT2D eigenvalue weighted by Crippen LogP contribution is -2.18. The Balaban J connectivity index is 0.000000288. The maximum atomic E-state index is 9.60. The van der Waals surface area contributed by atoms with Crippen LogP contribution in [0.5, 0.6) is 0 Å². The molecule has 0 heterocycles. The predicted octanol–water partition coefficient (Wildman–Crippen LogP) is 2.87. The van der Waals surface area contributed by atoms with Gasteiger partial charge in [-0.2, -0.15) is 0 Å². The van der Waals surface area contributed by atoms with Crippen molar-refractivity contribution in [2.24, 2.45) is 5.16 Å². The molecule has 0 aromatic carbocycles. The summed E-state index contributed by atoms with van der Waals surface area (Å²) in [6, 6.07) is 0. The molecule has 0 saturated heterocycles. The van der Waals surface area contributed by atoms with Gasteiger partial charge in [0.05, 0.1) is 11.1 Å². The third-order valence-corrected chi connectivity index (χ3v) is 2.56. The van der Waals surface area contributed by atoms with Gasteiger partial charge in [-0.25, -0.2) is 0 Å². The van der Waals surface area contributed by atoms with Crippen molar-refractivity contribution in [2.45, 2.75) is 50.8 Å². The first-order valence-corrected chi connectivity index (χ1v) is 5.62. The molecular weight excluding hydrogens is 218 g/mol. The van der Waals surface area contributed by atoms with E-state index in [1.54, 1.807) is 0 Å². The van der Waals surface area contributed by atoms with Gasteiger partial charge in [-0.05, 0) is 25.7 Å². The zero-order valence-electron chi connectivity index (χ0n) is 8.95. The first-order chi connectivity index (χ1) is 7.11. The van der Waals surface area contributed by atoms with Gasteiger partial charge in [-0.15, -0.1) is 11.6 Å². The van der Waals surface area contributed by atoms with Crippen molar-refractivity contribution in [3.63, 3.8) is 0 Å². The van der Waals surface area contributed by atoms with Gasteiger partial charge in [0.25, 0.3) is 0 Å². The lowest BCUT2D eigenvalue weighted by Gasteiger charge is -2.15. The quantitative estimate of drug-likeness (QED) is 0.439. The van der Waals surface area contributed by atoms with Crippen LogP contribution in [0.3, 0.4) is 0 Å². The van der Waals surface area contributed by atoms with Gasteiger partial charge in [-0.1, -0.05) is 18.5 Å². The van der Waals surface area contributed by atoms with Crippen LogP contribution in [0.15, 0.2) is 5.16 Å². The molecule has 1 fully saturated rings. The van der Waals surface area contributed by atoms with E-state index in [2.05, 4.69) is 5.16 Å².